The second-order valence-electron chi connectivity index (χ2n) is 4.99. The highest BCUT2D eigenvalue weighted by atomic mass is 32.2. The van der Waals surface area contributed by atoms with Gasteiger partial charge in [-0.3, -0.25) is 4.90 Å². The van der Waals surface area contributed by atoms with Gasteiger partial charge in [0.2, 0.25) is 10.0 Å². The Hall–Kier alpha value is -0.980. The zero-order valence-corrected chi connectivity index (χ0v) is 12.0. The molecule has 0 unspecified atom stereocenters. The summed E-state index contributed by atoms with van der Waals surface area (Å²) in [5.41, 5.74) is 0. The van der Waals surface area contributed by atoms with Gasteiger partial charge in [0, 0.05) is 32.2 Å². The molecule has 0 aliphatic carbocycles. The zero-order valence-electron chi connectivity index (χ0n) is 11.2. The minimum absolute atomic E-state index is 0.0329. The Morgan fingerprint density at radius 3 is 2.32 bits per heavy atom. The maximum Gasteiger partial charge on any atom is 0.243 e. The average Bonchev–Trinajstić information content (AvgIpc) is 2.39. The van der Waals surface area contributed by atoms with Gasteiger partial charge < -0.3 is 0 Å². The van der Waals surface area contributed by atoms with Gasteiger partial charge >= 0.3 is 0 Å². The lowest BCUT2D eigenvalue weighted by Gasteiger charge is -2.36. The van der Waals surface area contributed by atoms with Gasteiger partial charge in [-0.05, 0) is 32.0 Å². The fourth-order valence-electron chi connectivity index (χ4n) is 2.24. The van der Waals surface area contributed by atoms with Crippen molar-refractivity contribution in [2.75, 3.05) is 26.2 Å². The van der Waals surface area contributed by atoms with Crippen molar-refractivity contribution in [2.45, 2.75) is 24.8 Å². The number of sulfonamides is 1. The van der Waals surface area contributed by atoms with Gasteiger partial charge in [0.25, 0.3) is 0 Å². The van der Waals surface area contributed by atoms with E-state index in [9.17, 15) is 12.8 Å². The van der Waals surface area contributed by atoms with E-state index in [1.165, 1.54) is 22.5 Å². The van der Waals surface area contributed by atoms with Crippen LogP contribution in [0.2, 0.25) is 0 Å². The van der Waals surface area contributed by atoms with Crippen molar-refractivity contribution in [2.24, 2.45) is 0 Å². The maximum absolute atomic E-state index is 13.1. The van der Waals surface area contributed by atoms with Crippen LogP contribution in [0.4, 0.5) is 4.39 Å². The highest BCUT2D eigenvalue weighted by Gasteiger charge is 2.29. The summed E-state index contributed by atoms with van der Waals surface area (Å²) in [5, 5.41) is 0. The third-order valence-corrected chi connectivity index (χ3v) is 5.33. The molecular weight excluding hydrogens is 267 g/mol. The first-order valence-corrected chi connectivity index (χ1v) is 7.85. The molecule has 0 radical (unpaired) electrons. The van der Waals surface area contributed by atoms with Crippen molar-refractivity contribution >= 4 is 10.0 Å². The molecule has 0 atom stereocenters. The number of nitrogens with zero attached hydrogens (tertiary/aromatic N) is 2. The van der Waals surface area contributed by atoms with E-state index in [0.717, 1.165) is 6.07 Å². The number of piperazine rings is 1. The first kappa shape index (κ1) is 14.4. The van der Waals surface area contributed by atoms with Crippen LogP contribution in [0.5, 0.6) is 0 Å². The summed E-state index contributed by atoms with van der Waals surface area (Å²) < 4.78 is 39.3. The van der Waals surface area contributed by atoms with Crippen LogP contribution in [0.15, 0.2) is 29.2 Å². The third kappa shape index (κ3) is 3.13. The number of rotatable bonds is 3. The van der Waals surface area contributed by atoms with E-state index in [4.69, 9.17) is 0 Å². The number of hydrogen-bond acceptors (Lipinski definition) is 3. The molecule has 0 N–H and O–H groups in total. The first-order chi connectivity index (χ1) is 8.91. The van der Waals surface area contributed by atoms with Gasteiger partial charge in [-0.15, -0.1) is 0 Å². The summed E-state index contributed by atoms with van der Waals surface area (Å²) in [6.07, 6.45) is 0. The van der Waals surface area contributed by atoms with E-state index >= 15 is 0 Å². The van der Waals surface area contributed by atoms with Crippen molar-refractivity contribution in [3.63, 3.8) is 0 Å². The number of hydrogen-bond donors (Lipinski definition) is 0. The SMILES string of the molecule is CC(C)N1CCN(S(=O)(=O)c2cccc(F)c2)CC1. The maximum atomic E-state index is 13.1. The molecule has 1 aromatic rings. The molecule has 106 valence electrons. The van der Waals surface area contributed by atoms with Crippen LogP contribution in [-0.4, -0.2) is 49.8 Å². The molecule has 19 heavy (non-hydrogen) atoms. The molecule has 1 aromatic carbocycles. The van der Waals surface area contributed by atoms with Crippen LogP contribution < -0.4 is 0 Å². The normalized spacial score (nSPS) is 18.9. The Morgan fingerprint density at radius 2 is 1.79 bits per heavy atom. The van der Waals surface area contributed by atoms with Crippen LogP contribution in [0.3, 0.4) is 0 Å². The molecule has 0 bridgehead atoms. The molecule has 6 heteroatoms. The molecular formula is C13H19FN2O2S. The summed E-state index contributed by atoms with van der Waals surface area (Å²) in [7, 11) is -3.57. The van der Waals surface area contributed by atoms with E-state index in [1.54, 1.807) is 0 Å². The van der Waals surface area contributed by atoms with Gasteiger partial charge in [-0.2, -0.15) is 4.31 Å². The fourth-order valence-corrected chi connectivity index (χ4v) is 3.69. The molecule has 1 aliphatic rings. The predicted molar refractivity (Wildman–Crippen MR) is 71.9 cm³/mol. The lowest BCUT2D eigenvalue weighted by atomic mass is 10.3. The standard InChI is InChI=1S/C13H19FN2O2S/c1-11(2)15-6-8-16(9-7-15)19(17,18)13-5-3-4-12(14)10-13/h3-5,10-11H,6-9H2,1-2H3. The molecule has 2 rings (SSSR count). The van der Waals surface area contributed by atoms with Crippen molar-refractivity contribution in [1.82, 2.24) is 9.21 Å². The minimum atomic E-state index is -3.57. The summed E-state index contributed by atoms with van der Waals surface area (Å²) in [6, 6.07) is 5.60. The monoisotopic (exact) mass is 286 g/mol. The smallest absolute Gasteiger partial charge is 0.243 e. The van der Waals surface area contributed by atoms with Crippen LogP contribution in [0.1, 0.15) is 13.8 Å². The van der Waals surface area contributed by atoms with Gasteiger partial charge in [0.1, 0.15) is 5.82 Å². The average molecular weight is 286 g/mol. The molecule has 0 saturated carbocycles. The third-order valence-electron chi connectivity index (χ3n) is 3.44. The van der Waals surface area contributed by atoms with E-state index < -0.39 is 15.8 Å². The molecule has 0 spiro atoms. The fraction of sp³-hybridized carbons (Fsp3) is 0.538. The second kappa shape index (κ2) is 5.56. The van der Waals surface area contributed by atoms with E-state index in [-0.39, 0.29) is 4.90 Å². The highest BCUT2D eigenvalue weighted by Crippen LogP contribution is 2.18. The van der Waals surface area contributed by atoms with E-state index in [1.807, 2.05) is 0 Å². The topological polar surface area (TPSA) is 40.6 Å². The van der Waals surface area contributed by atoms with Crippen molar-refractivity contribution in [3.8, 4) is 0 Å². The molecule has 0 aromatic heterocycles. The molecule has 1 saturated heterocycles. The molecule has 1 fully saturated rings. The Morgan fingerprint density at radius 1 is 1.16 bits per heavy atom. The van der Waals surface area contributed by atoms with Crippen LogP contribution >= 0.6 is 0 Å². The van der Waals surface area contributed by atoms with Crippen LogP contribution in [-0.2, 0) is 10.0 Å². The second-order valence-corrected chi connectivity index (χ2v) is 6.93. The van der Waals surface area contributed by atoms with Crippen molar-refractivity contribution in [3.05, 3.63) is 30.1 Å². The van der Waals surface area contributed by atoms with Gasteiger partial charge in [-0.25, -0.2) is 12.8 Å². The zero-order chi connectivity index (χ0) is 14.0. The van der Waals surface area contributed by atoms with Crippen LogP contribution in [0.25, 0.3) is 0 Å². The summed E-state index contributed by atoms with van der Waals surface area (Å²) in [6.45, 7) is 6.53. The first-order valence-electron chi connectivity index (χ1n) is 6.41. The summed E-state index contributed by atoms with van der Waals surface area (Å²) >= 11 is 0. The molecule has 1 aliphatic heterocycles. The van der Waals surface area contributed by atoms with Crippen molar-refractivity contribution < 1.29 is 12.8 Å². The van der Waals surface area contributed by atoms with Gasteiger partial charge in [-0.1, -0.05) is 6.07 Å². The Bertz CT molecular complexity index is 537. The van der Waals surface area contributed by atoms with E-state index in [0.29, 0.717) is 32.2 Å². The largest absolute Gasteiger partial charge is 0.298 e. The molecule has 4 nitrogen and oxygen atoms in total. The molecule has 1 heterocycles. The minimum Gasteiger partial charge on any atom is -0.298 e. The Labute approximate surface area is 113 Å². The lowest BCUT2D eigenvalue weighted by molar-refractivity contribution is 0.154. The van der Waals surface area contributed by atoms with Gasteiger partial charge in [0.15, 0.2) is 0 Å². The van der Waals surface area contributed by atoms with E-state index in [2.05, 4.69) is 18.7 Å². The Balaban J connectivity index is 2.14. The predicted octanol–water partition coefficient (Wildman–Crippen LogP) is 1.54. The summed E-state index contributed by atoms with van der Waals surface area (Å²) in [5.74, 6) is -0.526. The van der Waals surface area contributed by atoms with Crippen molar-refractivity contribution in [1.29, 1.82) is 0 Å². The summed E-state index contributed by atoms with van der Waals surface area (Å²) in [4.78, 5) is 2.27. The lowest BCUT2D eigenvalue weighted by Crippen LogP contribution is -2.50. The molecule has 0 amide bonds. The van der Waals surface area contributed by atoms with Gasteiger partial charge in [0.05, 0.1) is 4.90 Å². The highest BCUT2D eigenvalue weighted by molar-refractivity contribution is 7.89. The number of halogens is 1. The Kier molecular flexibility index (Phi) is 4.23. The quantitative estimate of drug-likeness (QED) is 0.846. The number of benzene rings is 1. The van der Waals surface area contributed by atoms with Crippen LogP contribution in [0, 0.1) is 5.82 Å².